The minimum absolute atomic E-state index is 0.129. The van der Waals surface area contributed by atoms with Crippen molar-refractivity contribution in [2.45, 2.75) is 76.4 Å². The van der Waals surface area contributed by atoms with Crippen molar-refractivity contribution < 1.29 is 52.6 Å². The van der Waals surface area contributed by atoms with Gasteiger partial charge in [-0.2, -0.15) is 0 Å². The lowest BCUT2D eigenvalue weighted by Crippen LogP contribution is -2.51. The lowest BCUT2D eigenvalue weighted by molar-refractivity contribution is -0.160. The van der Waals surface area contributed by atoms with Crippen LogP contribution in [0, 0.1) is 5.92 Å². The highest BCUT2D eigenvalue weighted by atomic mass is 16.5. The number of rotatable bonds is 20. The van der Waals surface area contributed by atoms with Crippen molar-refractivity contribution in [2.24, 2.45) is 5.92 Å². The van der Waals surface area contributed by atoms with Crippen molar-refractivity contribution in [1.29, 1.82) is 0 Å². The monoisotopic (exact) mass is 735 g/mol. The van der Waals surface area contributed by atoms with Crippen LogP contribution in [0.2, 0.25) is 0 Å². The number of carbonyl (C=O) groups is 3. The van der Waals surface area contributed by atoms with Crippen LogP contribution in [-0.2, 0) is 30.3 Å². The van der Waals surface area contributed by atoms with Gasteiger partial charge in [-0.15, -0.1) is 0 Å². The van der Waals surface area contributed by atoms with Gasteiger partial charge in [0.25, 0.3) is 0 Å². The second kappa shape index (κ2) is 19.6. The van der Waals surface area contributed by atoms with E-state index >= 15 is 0 Å². The number of amides is 1. The van der Waals surface area contributed by atoms with Crippen molar-refractivity contribution in [3.63, 3.8) is 0 Å². The van der Waals surface area contributed by atoms with Gasteiger partial charge in [0, 0.05) is 6.54 Å². The summed E-state index contributed by atoms with van der Waals surface area (Å²) in [5, 5.41) is 8.91. The molecule has 12 nitrogen and oxygen atoms in total. The zero-order valence-electron chi connectivity index (χ0n) is 31.7. The molecule has 3 atom stereocenters. The topological polar surface area (TPSA) is 139 Å². The summed E-state index contributed by atoms with van der Waals surface area (Å²) in [6.07, 6.45) is 9.98. The Kier molecular flexibility index (Phi) is 15.1. The van der Waals surface area contributed by atoms with Gasteiger partial charge in [-0.3, -0.25) is 4.79 Å². The summed E-state index contributed by atoms with van der Waals surface area (Å²) in [5.74, 6) is 1.18. The smallest absolute Gasteiger partial charge is 0.341 e. The van der Waals surface area contributed by atoms with Crippen LogP contribution in [-0.4, -0.2) is 88.7 Å². The van der Waals surface area contributed by atoms with Gasteiger partial charge in [-0.25, -0.2) is 9.59 Å². The van der Waals surface area contributed by atoms with Crippen LogP contribution in [0.15, 0.2) is 66.5 Å². The summed E-state index contributed by atoms with van der Waals surface area (Å²) in [6, 6.07) is 8.51. The first-order valence-electron chi connectivity index (χ1n) is 17.9. The van der Waals surface area contributed by atoms with E-state index in [2.05, 4.69) is 6.58 Å². The van der Waals surface area contributed by atoms with Gasteiger partial charge in [-0.1, -0.05) is 37.6 Å². The molecule has 2 aromatic carbocycles. The van der Waals surface area contributed by atoms with Crippen LogP contribution in [0.25, 0.3) is 0 Å². The van der Waals surface area contributed by atoms with Crippen LogP contribution in [0.3, 0.4) is 0 Å². The molecule has 1 aliphatic heterocycles. The van der Waals surface area contributed by atoms with E-state index < -0.39 is 36.6 Å². The Labute approximate surface area is 312 Å². The number of likely N-dealkylation sites (tertiary alicyclic amines) is 1. The van der Waals surface area contributed by atoms with Crippen LogP contribution < -0.4 is 23.7 Å². The number of ether oxygens (including phenoxy) is 7. The second-order valence-electron chi connectivity index (χ2n) is 13.3. The van der Waals surface area contributed by atoms with E-state index in [4.69, 9.17) is 38.3 Å². The molecule has 53 heavy (non-hydrogen) atoms. The number of aliphatic carboxylic acids is 1. The van der Waals surface area contributed by atoms with Gasteiger partial charge in [0.15, 0.2) is 29.6 Å². The fourth-order valence-electron chi connectivity index (χ4n) is 6.52. The van der Waals surface area contributed by atoms with Gasteiger partial charge >= 0.3 is 11.9 Å². The number of carbonyl (C=O) groups excluding carboxylic acids is 2. The zero-order chi connectivity index (χ0) is 38.5. The molecule has 288 valence electrons. The first kappa shape index (κ1) is 40.6. The first-order valence-corrected chi connectivity index (χ1v) is 17.9. The molecule has 2 aromatic rings. The van der Waals surface area contributed by atoms with Crippen molar-refractivity contribution in [3.05, 3.63) is 77.6 Å². The van der Waals surface area contributed by atoms with Crippen LogP contribution in [0.4, 0.5) is 0 Å². The molecule has 2 fully saturated rings. The standard InChI is InChI=1S/C41H53NO11/c1-26(11-10-12-27(2)52-25-38(43)44)33(18-16-29-17-19-34(47-3)35(22-29)48-4)53-41(46)32-13-8-9-20-42(32)40(45)31(21-28-14-15-28)30-23-36(49-5)39(51-7)37(24-30)50-6/h10-12,17,19,22-24,28,31-33H,1,8-9,13-16,18,20-21,25H2,2-7H3,(H,43,44). The van der Waals surface area contributed by atoms with E-state index in [1.807, 2.05) is 30.3 Å². The predicted molar refractivity (Wildman–Crippen MR) is 199 cm³/mol. The normalized spacial score (nSPS) is 17.1. The number of benzene rings is 2. The lowest BCUT2D eigenvalue weighted by atomic mass is 9.89. The van der Waals surface area contributed by atoms with E-state index in [-0.39, 0.29) is 5.91 Å². The predicted octanol–water partition coefficient (Wildman–Crippen LogP) is 6.66. The number of carboxylic acids is 1. The third-order valence-electron chi connectivity index (χ3n) is 9.59. The molecular weight excluding hydrogens is 682 g/mol. The average molecular weight is 736 g/mol. The molecule has 0 aromatic heterocycles. The van der Waals surface area contributed by atoms with Gasteiger partial charge in [0.05, 0.1) is 47.2 Å². The number of aryl methyl sites for hydroxylation is 1. The number of carboxylic acid groups (broad SMARTS) is 1. The molecule has 0 spiro atoms. The summed E-state index contributed by atoms with van der Waals surface area (Å²) >= 11 is 0. The Bertz CT molecular complexity index is 1640. The molecule has 1 N–H and O–H groups in total. The minimum Gasteiger partial charge on any atom is -0.493 e. The summed E-state index contributed by atoms with van der Waals surface area (Å²) in [5.41, 5.74) is 2.22. The molecule has 1 saturated carbocycles. The maximum atomic E-state index is 14.6. The van der Waals surface area contributed by atoms with E-state index in [1.54, 1.807) is 58.5 Å². The largest absolute Gasteiger partial charge is 0.493 e. The van der Waals surface area contributed by atoms with Crippen molar-refractivity contribution in [3.8, 4) is 28.7 Å². The Morgan fingerprint density at radius 2 is 1.58 bits per heavy atom. The third kappa shape index (κ3) is 11.2. The Morgan fingerprint density at radius 1 is 0.906 bits per heavy atom. The lowest BCUT2D eigenvalue weighted by Gasteiger charge is -2.37. The summed E-state index contributed by atoms with van der Waals surface area (Å²) in [7, 11) is 7.78. The number of hydrogen-bond acceptors (Lipinski definition) is 10. The summed E-state index contributed by atoms with van der Waals surface area (Å²) in [4.78, 5) is 41.3. The number of nitrogens with zero attached hydrogens (tertiary/aromatic N) is 1. The maximum Gasteiger partial charge on any atom is 0.341 e. The maximum absolute atomic E-state index is 14.6. The Morgan fingerprint density at radius 3 is 2.19 bits per heavy atom. The Balaban J connectivity index is 1.59. The van der Waals surface area contributed by atoms with Crippen molar-refractivity contribution >= 4 is 17.8 Å². The molecule has 1 amide bonds. The van der Waals surface area contributed by atoms with Gasteiger partial charge in [0.2, 0.25) is 11.7 Å². The molecule has 12 heteroatoms. The number of esters is 1. The Hall–Kier alpha value is -5.13. The number of hydrogen-bond donors (Lipinski definition) is 1. The molecule has 2 aliphatic rings. The first-order chi connectivity index (χ1) is 25.5. The minimum atomic E-state index is -1.08. The van der Waals surface area contributed by atoms with Crippen molar-refractivity contribution in [1.82, 2.24) is 4.90 Å². The van der Waals surface area contributed by atoms with E-state index in [0.717, 1.165) is 36.8 Å². The molecule has 1 heterocycles. The quantitative estimate of drug-likeness (QED) is 0.0888. The second-order valence-corrected chi connectivity index (χ2v) is 13.3. The molecule has 0 bridgehead atoms. The highest BCUT2D eigenvalue weighted by Crippen LogP contribution is 2.45. The SMILES string of the molecule is C=C(C=CC=C(C)OCC(=O)O)C(CCc1ccc(OC)c(OC)c1)OC(=O)C1CCCCN1C(=O)C(CC1CC1)c1cc(OC)c(OC)c(OC)c1. The number of allylic oxidation sites excluding steroid dienone is 3. The van der Waals surface area contributed by atoms with Gasteiger partial charge in [-0.05, 0) is 98.4 Å². The number of piperidine rings is 1. The molecular formula is C41H53NO11. The fraction of sp³-hybridized carbons (Fsp3) is 0.488. The fourth-order valence-corrected chi connectivity index (χ4v) is 6.52. The number of methoxy groups -OCH3 is 5. The van der Waals surface area contributed by atoms with E-state index in [0.29, 0.717) is 78.2 Å². The van der Waals surface area contributed by atoms with E-state index in [1.165, 1.54) is 7.11 Å². The molecule has 1 saturated heterocycles. The van der Waals surface area contributed by atoms with Gasteiger partial charge < -0.3 is 43.2 Å². The van der Waals surface area contributed by atoms with E-state index in [9.17, 15) is 14.4 Å². The molecule has 4 rings (SSSR count). The summed E-state index contributed by atoms with van der Waals surface area (Å²) in [6.45, 7) is 5.84. The zero-order valence-corrected chi connectivity index (χ0v) is 31.7. The van der Waals surface area contributed by atoms with Gasteiger partial charge in [0.1, 0.15) is 12.1 Å². The van der Waals surface area contributed by atoms with Crippen LogP contribution in [0.1, 0.15) is 68.9 Å². The average Bonchev–Trinajstić information content (AvgIpc) is 4.00. The summed E-state index contributed by atoms with van der Waals surface area (Å²) < 4.78 is 39.1. The van der Waals surface area contributed by atoms with Crippen molar-refractivity contribution in [2.75, 3.05) is 48.7 Å². The van der Waals surface area contributed by atoms with Crippen LogP contribution >= 0.6 is 0 Å². The molecule has 1 aliphatic carbocycles. The third-order valence-corrected chi connectivity index (χ3v) is 9.59. The molecule has 0 radical (unpaired) electrons. The highest BCUT2D eigenvalue weighted by Gasteiger charge is 2.40. The molecule has 3 unspecified atom stereocenters. The van der Waals surface area contributed by atoms with Crippen LogP contribution in [0.5, 0.6) is 28.7 Å². The highest BCUT2D eigenvalue weighted by molar-refractivity contribution is 5.89.